The smallest absolute Gasteiger partial charge is 0.326 e. The van der Waals surface area contributed by atoms with Crippen LogP contribution in [0.4, 0.5) is 4.39 Å². The van der Waals surface area contributed by atoms with E-state index in [9.17, 15) is 18.8 Å². The minimum Gasteiger partial charge on any atom is -0.446 e. The molecular formula is C17H14FIN2O4. The van der Waals surface area contributed by atoms with Crippen molar-refractivity contribution in [3.8, 4) is 0 Å². The zero-order valence-corrected chi connectivity index (χ0v) is 15.0. The van der Waals surface area contributed by atoms with E-state index in [1.54, 1.807) is 24.3 Å². The van der Waals surface area contributed by atoms with Crippen molar-refractivity contribution in [2.45, 2.75) is 6.10 Å². The van der Waals surface area contributed by atoms with Gasteiger partial charge in [-0.15, -0.1) is 0 Å². The fourth-order valence-electron chi connectivity index (χ4n) is 1.99. The molecule has 0 aromatic heterocycles. The second kappa shape index (κ2) is 8.56. The normalized spacial score (nSPS) is 11.4. The van der Waals surface area contributed by atoms with Crippen LogP contribution in [0.25, 0.3) is 0 Å². The third-order valence-corrected chi connectivity index (χ3v) is 4.13. The molecule has 2 aromatic rings. The van der Waals surface area contributed by atoms with Gasteiger partial charge in [-0.05, 0) is 46.9 Å². The van der Waals surface area contributed by atoms with E-state index in [4.69, 9.17) is 10.5 Å². The Labute approximate surface area is 156 Å². The maximum Gasteiger partial charge on any atom is 0.326 e. The van der Waals surface area contributed by atoms with Gasteiger partial charge in [0, 0.05) is 9.13 Å². The summed E-state index contributed by atoms with van der Waals surface area (Å²) < 4.78 is 18.7. The van der Waals surface area contributed by atoms with Gasteiger partial charge < -0.3 is 15.8 Å². The Morgan fingerprint density at radius 1 is 1.12 bits per heavy atom. The number of carbonyl (C=O) groups excluding carboxylic acids is 3. The maximum absolute atomic E-state index is 12.9. The molecule has 0 spiro atoms. The highest BCUT2D eigenvalue weighted by molar-refractivity contribution is 14.1. The number of nitrogens with one attached hydrogen (secondary N) is 1. The monoisotopic (exact) mass is 456 g/mol. The van der Waals surface area contributed by atoms with E-state index in [1.165, 1.54) is 12.1 Å². The predicted octanol–water partition coefficient (Wildman–Crippen LogP) is 1.93. The molecule has 1 unspecified atom stereocenters. The van der Waals surface area contributed by atoms with Crippen LogP contribution in [-0.2, 0) is 14.3 Å². The van der Waals surface area contributed by atoms with Gasteiger partial charge in [-0.1, -0.05) is 24.3 Å². The highest BCUT2D eigenvalue weighted by Crippen LogP contribution is 2.18. The fourth-order valence-corrected chi connectivity index (χ4v) is 2.63. The van der Waals surface area contributed by atoms with Gasteiger partial charge in [0.2, 0.25) is 6.10 Å². The summed E-state index contributed by atoms with van der Waals surface area (Å²) in [7, 11) is 0. The van der Waals surface area contributed by atoms with Gasteiger partial charge in [0.05, 0.1) is 5.56 Å². The molecule has 1 atom stereocenters. The summed E-state index contributed by atoms with van der Waals surface area (Å²) in [5, 5.41) is 2.41. The highest BCUT2D eigenvalue weighted by atomic mass is 127. The molecule has 8 heteroatoms. The first kappa shape index (κ1) is 18.8. The molecule has 2 rings (SSSR count). The molecule has 0 radical (unpaired) electrons. The molecule has 0 aliphatic rings. The second-order valence-corrected chi connectivity index (χ2v) is 6.15. The van der Waals surface area contributed by atoms with Crippen molar-refractivity contribution >= 4 is 40.4 Å². The lowest BCUT2D eigenvalue weighted by Gasteiger charge is -2.15. The summed E-state index contributed by atoms with van der Waals surface area (Å²) in [5.74, 6) is -2.68. The Balaban J connectivity index is 1.98. The standard InChI is InChI=1S/C17H14FIN2O4/c18-11-7-5-10(6-8-11)15(16(20)23)25-14(22)9-21-17(24)12-3-1-2-4-13(12)19/h1-8,15H,9H2,(H2,20,23)(H,21,24). The van der Waals surface area contributed by atoms with E-state index in [0.29, 0.717) is 5.56 Å². The van der Waals surface area contributed by atoms with Crippen molar-refractivity contribution in [1.82, 2.24) is 5.32 Å². The highest BCUT2D eigenvalue weighted by Gasteiger charge is 2.23. The average Bonchev–Trinajstić information content (AvgIpc) is 2.58. The summed E-state index contributed by atoms with van der Waals surface area (Å²) in [6.45, 7) is -0.436. The molecule has 0 saturated carbocycles. The Kier molecular flexibility index (Phi) is 6.45. The first-order valence-corrected chi connectivity index (χ1v) is 8.23. The van der Waals surface area contributed by atoms with Gasteiger partial charge in [-0.3, -0.25) is 14.4 Å². The van der Waals surface area contributed by atoms with Crippen LogP contribution in [0.1, 0.15) is 22.0 Å². The minimum atomic E-state index is -1.36. The number of amides is 2. The van der Waals surface area contributed by atoms with Gasteiger partial charge in [0.25, 0.3) is 11.8 Å². The number of carbonyl (C=O) groups is 3. The van der Waals surface area contributed by atoms with Crippen LogP contribution >= 0.6 is 22.6 Å². The van der Waals surface area contributed by atoms with Crippen LogP contribution in [-0.4, -0.2) is 24.3 Å². The number of rotatable bonds is 6. The number of primary amides is 1. The van der Waals surface area contributed by atoms with Gasteiger partial charge in [-0.25, -0.2) is 4.39 Å². The lowest BCUT2D eigenvalue weighted by atomic mass is 10.1. The van der Waals surface area contributed by atoms with Gasteiger partial charge in [0.1, 0.15) is 12.4 Å². The molecule has 0 heterocycles. The van der Waals surface area contributed by atoms with Crippen LogP contribution in [0.5, 0.6) is 0 Å². The Bertz CT molecular complexity index is 795. The first-order chi connectivity index (χ1) is 11.9. The third-order valence-electron chi connectivity index (χ3n) is 3.19. The fraction of sp³-hybridized carbons (Fsp3) is 0.118. The van der Waals surface area contributed by atoms with E-state index < -0.39 is 36.2 Å². The average molecular weight is 456 g/mol. The van der Waals surface area contributed by atoms with E-state index in [-0.39, 0.29) is 5.56 Å². The summed E-state index contributed by atoms with van der Waals surface area (Å²) in [6, 6.07) is 11.7. The van der Waals surface area contributed by atoms with Gasteiger partial charge >= 0.3 is 5.97 Å². The van der Waals surface area contributed by atoms with Crippen LogP contribution < -0.4 is 11.1 Å². The number of hydrogen-bond acceptors (Lipinski definition) is 4. The lowest BCUT2D eigenvalue weighted by Crippen LogP contribution is -2.34. The SMILES string of the molecule is NC(=O)C(OC(=O)CNC(=O)c1ccccc1I)c1ccc(F)cc1. The van der Waals surface area contributed by atoms with Crippen molar-refractivity contribution in [1.29, 1.82) is 0 Å². The number of hydrogen-bond donors (Lipinski definition) is 2. The predicted molar refractivity (Wildman–Crippen MR) is 95.9 cm³/mol. The van der Waals surface area contributed by atoms with Crippen LogP contribution in [0.15, 0.2) is 48.5 Å². The molecule has 0 bridgehead atoms. The zero-order chi connectivity index (χ0) is 18.4. The van der Waals surface area contributed by atoms with Crippen molar-refractivity contribution in [3.05, 3.63) is 69.0 Å². The number of halogens is 2. The molecule has 6 nitrogen and oxygen atoms in total. The van der Waals surface area contributed by atoms with E-state index >= 15 is 0 Å². The van der Waals surface area contributed by atoms with Crippen LogP contribution in [0.2, 0.25) is 0 Å². The van der Waals surface area contributed by atoms with Crippen molar-refractivity contribution in [3.63, 3.8) is 0 Å². The number of ether oxygens (including phenoxy) is 1. The van der Waals surface area contributed by atoms with E-state index in [0.717, 1.165) is 15.7 Å². The maximum atomic E-state index is 12.9. The number of nitrogens with two attached hydrogens (primary N) is 1. The molecule has 0 aliphatic heterocycles. The Hall–Kier alpha value is -2.49. The molecular weight excluding hydrogens is 442 g/mol. The topological polar surface area (TPSA) is 98.5 Å². The molecule has 0 fully saturated rings. The molecule has 25 heavy (non-hydrogen) atoms. The Morgan fingerprint density at radius 2 is 1.76 bits per heavy atom. The summed E-state index contributed by atoms with van der Waals surface area (Å²) in [4.78, 5) is 35.4. The number of benzene rings is 2. The molecule has 2 amide bonds. The summed E-state index contributed by atoms with van der Waals surface area (Å²) in [5.41, 5.74) is 5.88. The van der Waals surface area contributed by atoms with Crippen molar-refractivity contribution in [2.24, 2.45) is 5.73 Å². The third kappa shape index (κ3) is 5.24. The summed E-state index contributed by atoms with van der Waals surface area (Å²) in [6.07, 6.45) is -1.36. The quantitative estimate of drug-likeness (QED) is 0.513. The molecule has 0 saturated heterocycles. The van der Waals surface area contributed by atoms with Crippen molar-refractivity contribution in [2.75, 3.05) is 6.54 Å². The van der Waals surface area contributed by atoms with Crippen LogP contribution in [0.3, 0.4) is 0 Å². The molecule has 2 aromatic carbocycles. The molecule has 0 aliphatic carbocycles. The zero-order valence-electron chi connectivity index (χ0n) is 12.9. The number of esters is 1. The largest absolute Gasteiger partial charge is 0.446 e. The van der Waals surface area contributed by atoms with E-state index in [1.807, 2.05) is 22.6 Å². The van der Waals surface area contributed by atoms with Gasteiger partial charge in [0.15, 0.2) is 0 Å². The minimum absolute atomic E-state index is 0.242. The van der Waals surface area contributed by atoms with E-state index in [2.05, 4.69) is 5.32 Å². The lowest BCUT2D eigenvalue weighted by molar-refractivity contribution is -0.154. The molecule has 130 valence electrons. The van der Waals surface area contributed by atoms with Crippen LogP contribution in [0, 0.1) is 9.39 Å². The molecule has 3 N–H and O–H groups in total. The van der Waals surface area contributed by atoms with Gasteiger partial charge in [-0.2, -0.15) is 0 Å². The first-order valence-electron chi connectivity index (χ1n) is 7.15. The second-order valence-electron chi connectivity index (χ2n) is 4.99. The summed E-state index contributed by atoms with van der Waals surface area (Å²) >= 11 is 2.00. The van der Waals surface area contributed by atoms with Crippen molar-refractivity contribution < 1.29 is 23.5 Å². The Morgan fingerprint density at radius 3 is 2.36 bits per heavy atom.